The molecule has 0 bridgehead atoms. The number of anilines is 1. The van der Waals surface area contributed by atoms with Crippen molar-refractivity contribution < 1.29 is 17.9 Å². The fourth-order valence-corrected chi connectivity index (χ4v) is 3.24. The Morgan fingerprint density at radius 2 is 1.79 bits per heavy atom. The van der Waals surface area contributed by atoms with Gasteiger partial charge in [-0.2, -0.15) is 0 Å². The Hall–Kier alpha value is -3.48. The first kappa shape index (κ1) is 17.9. The van der Waals surface area contributed by atoms with Crippen LogP contribution >= 0.6 is 0 Å². The van der Waals surface area contributed by atoms with Crippen LogP contribution in [-0.4, -0.2) is 24.1 Å². The van der Waals surface area contributed by atoms with E-state index < -0.39 is 17.5 Å². The molecular formula is C21H16F3N3O. The molecule has 2 heterocycles. The minimum absolute atomic E-state index is 0.0731. The Bertz CT molecular complexity index is 1190. The number of hydrogen-bond donors (Lipinski definition) is 2. The third kappa shape index (κ3) is 2.94. The van der Waals surface area contributed by atoms with E-state index in [0.717, 1.165) is 11.8 Å². The van der Waals surface area contributed by atoms with Gasteiger partial charge in [0.2, 0.25) is 0 Å². The molecule has 0 aliphatic carbocycles. The predicted octanol–water partition coefficient (Wildman–Crippen LogP) is 5.36. The molecule has 0 atom stereocenters. The van der Waals surface area contributed by atoms with Gasteiger partial charge < -0.3 is 15.0 Å². The number of rotatable bonds is 4. The van der Waals surface area contributed by atoms with Crippen LogP contribution in [-0.2, 0) is 0 Å². The van der Waals surface area contributed by atoms with E-state index in [1.165, 1.54) is 19.2 Å². The molecule has 142 valence electrons. The van der Waals surface area contributed by atoms with Crippen LogP contribution in [0.3, 0.4) is 0 Å². The number of nitrogens with one attached hydrogen (secondary N) is 2. The highest BCUT2D eigenvalue weighted by molar-refractivity contribution is 5.97. The molecule has 0 unspecified atom stereocenters. The fourth-order valence-electron chi connectivity index (χ4n) is 3.24. The first-order valence-corrected chi connectivity index (χ1v) is 8.50. The van der Waals surface area contributed by atoms with Crippen molar-refractivity contribution >= 4 is 16.7 Å². The number of H-pyrrole nitrogens is 1. The van der Waals surface area contributed by atoms with Gasteiger partial charge in [-0.05, 0) is 30.3 Å². The van der Waals surface area contributed by atoms with E-state index in [9.17, 15) is 13.2 Å². The molecule has 4 nitrogen and oxygen atoms in total. The van der Waals surface area contributed by atoms with E-state index in [2.05, 4.69) is 15.3 Å². The van der Waals surface area contributed by atoms with Crippen molar-refractivity contribution in [3.63, 3.8) is 0 Å². The highest BCUT2D eigenvalue weighted by atomic mass is 19.1. The van der Waals surface area contributed by atoms with Gasteiger partial charge in [0.05, 0.1) is 7.11 Å². The second-order valence-corrected chi connectivity index (χ2v) is 6.24. The Morgan fingerprint density at radius 1 is 0.964 bits per heavy atom. The summed E-state index contributed by atoms with van der Waals surface area (Å²) in [5.41, 5.74) is 2.92. The summed E-state index contributed by atoms with van der Waals surface area (Å²) >= 11 is 0. The van der Waals surface area contributed by atoms with E-state index in [1.807, 2.05) is 0 Å². The van der Waals surface area contributed by atoms with Crippen molar-refractivity contribution in [3.05, 3.63) is 66.2 Å². The van der Waals surface area contributed by atoms with E-state index in [1.54, 1.807) is 37.6 Å². The maximum absolute atomic E-state index is 14.4. The molecule has 0 saturated heterocycles. The second-order valence-electron chi connectivity index (χ2n) is 6.24. The number of pyridine rings is 1. The van der Waals surface area contributed by atoms with Gasteiger partial charge in [0.15, 0.2) is 11.6 Å². The first-order valence-electron chi connectivity index (χ1n) is 8.50. The Balaban J connectivity index is 1.94. The maximum Gasteiger partial charge on any atom is 0.168 e. The molecule has 7 heteroatoms. The summed E-state index contributed by atoms with van der Waals surface area (Å²) < 4.78 is 47.5. The normalized spacial score (nSPS) is 11.0. The quantitative estimate of drug-likeness (QED) is 0.498. The Kier molecular flexibility index (Phi) is 4.43. The average Bonchev–Trinajstić information content (AvgIpc) is 3.11. The number of methoxy groups -OCH3 is 1. The molecule has 2 N–H and O–H groups in total. The number of aromatic nitrogens is 2. The van der Waals surface area contributed by atoms with Crippen LogP contribution in [0.1, 0.15) is 0 Å². The highest BCUT2D eigenvalue weighted by Crippen LogP contribution is 2.38. The molecule has 0 fully saturated rings. The van der Waals surface area contributed by atoms with Gasteiger partial charge in [-0.15, -0.1) is 0 Å². The van der Waals surface area contributed by atoms with Crippen LogP contribution < -0.4 is 10.1 Å². The summed E-state index contributed by atoms with van der Waals surface area (Å²) in [6.45, 7) is 0. The molecular weight excluding hydrogens is 367 g/mol. The van der Waals surface area contributed by atoms with E-state index >= 15 is 0 Å². The molecule has 4 aromatic rings. The van der Waals surface area contributed by atoms with Crippen molar-refractivity contribution in [3.8, 4) is 28.0 Å². The zero-order valence-corrected chi connectivity index (χ0v) is 15.1. The number of hydrogen-bond acceptors (Lipinski definition) is 3. The van der Waals surface area contributed by atoms with Crippen LogP contribution in [0.5, 0.6) is 5.75 Å². The van der Waals surface area contributed by atoms with Crippen LogP contribution in [0.2, 0.25) is 0 Å². The second kappa shape index (κ2) is 6.92. The van der Waals surface area contributed by atoms with Gasteiger partial charge in [0, 0.05) is 58.8 Å². The van der Waals surface area contributed by atoms with Gasteiger partial charge in [0.25, 0.3) is 0 Å². The van der Waals surface area contributed by atoms with Crippen LogP contribution in [0.4, 0.5) is 18.9 Å². The van der Waals surface area contributed by atoms with Gasteiger partial charge in [0.1, 0.15) is 17.3 Å². The van der Waals surface area contributed by atoms with E-state index in [0.29, 0.717) is 27.7 Å². The Labute approximate surface area is 159 Å². The van der Waals surface area contributed by atoms with Crippen molar-refractivity contribution in [2.45, 2.75) is 0 Å². The molecule has 4 rings (SSSR count). The largest absolute Gasteiger partial charge is 0.493 e. The summed E-state index contributed by atoms with van der Waals surface area (Å²) in [4.78, 5) is 7.30. The summed E-state index contributed by atoms with van der Waals surface area (Å²) in [5, 5.41) is 3.56. The van der Waals surface area contributed by atoms with Gasteiger partial charge in [-0.3, -0.25) is 0 Å². The number of halogens is 3. The number of nitrogens with zero attached hydrogens (tertiary/aromatic N) is 1. The summed E-state index contributed by atoms with van der Waals surface area (Å²) in [6, 6.07) is 8.36. The van der Waals surface area contributed by atoms with Crippen molar-refractivity contribution in [2.24, 2.45) is 0 Å². The lowest BCUT2D eigenvalue weighted by atomic mass is 10.0. The summed E-state index contributed by atoms with van der Waals surface area (Å²) in [7, 11) is 3.06. The van der Waals surface area contributed by atoms with E-state index in [4.69, 9.17) is 4.74 Å². The number of aromatic amines is 1. The topological polar surface area (TPSA) is 49.9 Å². The van der Waals surface area contributed by atoms with E-state index in [-0.39, 0.29) is 11.3 Å². The minimum Gasteiger partial charge on any atom is -0.493 e. The molecule has 2 aromatic heterocycles. The van der Waals surface area contributed by atoms with Gasteiger partial charge >= 0.3 is 0 Å². The van der Waals surface area contributed by atoms with Crippen LogP contribution in [0, 0.1) is 17.5 Å². The molecule has 0 aliphatic rings. The van der Waals surface area contributed by atoms with Crippen LogP contribution in [0.25, 0.3) is 33.3 Å². The summed E-state index contributed by atoms with van der Waals surface area (Å²) in [5.74, 6) is -1.99. The van der Waals surface area contributed by atoms with Crippen molar-refractivity contribution in [2.75, 3.05) is 19.5 Å². The highest BCUT2D eigenvalue weighted by Gasteiger charge is 2.18. The zero-order chi connectivity index (χ0) is 19.8. The zero-order valence-electron chi connectivity index (χ0n) is 15.1. The molecule has 0 saturated carbocycles. The van der Waals surface area contributed by atoms with Gasteiger partial charge in [-0.25, -0.2) is 18.2 Å². The monoisotopic (exact) mass is 383 g/mol. The maximum atomic E-state index is 14.4. The first-order chi connectivity index (χ1) is 13.5. The number of ether oxygens (including phenoxy) is 1. The molecule has 0 spiro atoms. The fraction of sp³-hybridized carbons (Fsp3) is 0.0952. The smallest absolute Gasteiger partial charge is 0.168 e. The summed E-state index contributed by atoms with van der Waals surface area (Å²) in [6.07, 6.45) is 3.14. The van der Waals surface area contributed by atoms with Crippen molar-refractivity contribution in [1.82, 2.24) is 9.97 Å². The third-order valence-corrected chi connectivity index (χ3v) is 4.60. The average molecular weight is 383 g/mol. The molecule has 0 amide bonds. The lowest BCUT2D eigenvalue weighted by Crippen LogP contribution is -1.94. The van der Waals surface area contributed by atoms with Crippen molar-refractivity contribution in [1.29, 1.82) is 0 Å². The number of fused-ring (bicyclic) bond motifs is 1. The predicted molar refractivity (Wildman–Crippen MR) is 103 cm³/mol. The molecule has 28 heavy (non-hydrogen) atoms. The SMILES string of the molecule is CNc1ccc(F)c(-c2cnc3[nH]cc(-c4cc(F)cc(F)c4OC)c3c2)c1. The molecule has 0 aliphatic heterocycles. The lowest BCUT2D eigenvalue weighted by Gasteiger charge is -2.10. The third-order valence-electron chi connectivity index (χ3n) is 4.60. The Morgan fingerprint density at radius 3 is 2.54 bits per heavy atom. The standard InChI is InChI=1S/C21H16F3N3O/c1-25-13-3-4-18(23)14(8-13)11-5-16-17(10-27-21(16)26-9-11)15-6-12(22)7-19(24)20(15)28-2/h3-10,25H,1-2H3,(H,26,27). The van der Waals surface area contributed by atoms with Crippen LogP contribution in [0.15, 0.2) is 48.8 Å². The molecule has 0 radical (unpaired) electrons. The molecule has 2 aromatic carbocycles. The van der Waals surface area contributed by atoms with Gasteiger partial charge in [-0.1, -0.05) is 0 Å². The lowest BCUT2D eigenvalue weighted by molar-refractivity contribution is 0.386. The number of benzene rings is 2. The minimum atomic E-state index is -0.802.